The summed E-state index contributed by atoms with van der Waals surface area (Å²) in [6, 6.07) is 4.12. The number of rotatable bonds is 6. The molecule has 160 valence electrons. The third-order valence-corrected chi connectivity index (χ3v) is 5.35. The average Bonchev–Trinajstić information content (AvgIpc) is 2.67. The van der Waals surface area contributed by atoms with Gasteiger partial charge in [-0.15, -0.1) is 24.8 Å². The van der Waals surface area contributed by atoms with Gasteiger partial charge in [0.1, 0.15) is 0 Å². The van der Waals surface area contributed by atoms with Gasteiger partial charge in [0.05, 0.1) is 19.8 Å². The maximum absolute atomic E-state index is 12.4. The van der Waals surface area contributed by atoms with Crippen molar-refractivity contribution in [2.45, 2.75) is 31.3 Å². The minimum Gasteiger partial charge on any atom is -0.493 e. The number of carbonyl (C=O) groups is 1. The topological polar surface area (TPSA) is 86.1 Å². The van der Waals surface area contributed by atoms with Crippen LogP contribution in [-0.2, 0) is 22.5 Å². The maximum atomic E-state index is 12.4. The van der Waals surface area contributed by atoms with Gasteiger partial charge in [-0.05, 0) is 42.5 Å². The Bertz CT molecular complexity index is 654. The smallest absolute Gasteiger partial charge is 0.240 e. The Labute approximate surface area is 179 Å². The summed E-state index contributed by atoms with van der Waals surface area (Å²) in [5, 5.41) is 3.00. The predicted octanol–water partition coefficient (Wildman–Crippen LogP) is 1.53. The van der Waals surface area contributed by atoms with Crippen LogP contribution in [0.15, 0.2) is 12.1 Å². The lowest BCUT2D eigenvalue weighted by molar-refractivity contribution is -0.129. The maximum Gasteiger partial charge on any atom is 0.240 e. The van der Waals surface area contributed by atoms with Crippen molar-refractivity contribution in [2.24, 2.45) is 5.73 Å². The molecule has 2 aliphatic rings. The molecule has 1 aromatic carbocycles. The van der Waals surface area contributed by atoms with Gasteiger partial charge >= 0.3 is 0 Å². The first-order valence-electron chi connectivity index (χ1n) is 9.17. The van der Waals surface area contributed by atoms with Crippen molar-refractivity contribution in [1.82, 2.24) is 10.2 Å². The summed E-state index contributed by atoms with van der Waals surface area (Å²) < 4.78 is 16.1. The molecule has 2 heterocycles. The largest absolute Gasteiger partial charge is 0.493 e. The molecule has 1 fully saturated rings. The number of amides is 1. The van der Waals surface area contributed by atoms with E-state index in [9.17, 15) is 4.79 Å². The number of halogens is 2. The Balaban J connectivity index is 0.00000196. The van der Waals surface area contributed by atoms with Gasteiger partial charge in [0.2, 0.25) is 5.91 Å². The summed E-state index contributed by atoms with van der Waals surface area (Å²) in [6.07, 6.45) is 2.12. The fourth-order valence-electron chi connectivity index (χ4n) is 3.60. The summed E-state index contributed by atoms with van der Waals surface area (Å²) in [5.41, 5.74) is 7.98. The second kappa shape index (κ2) is 11.1. The second-order valence-corrected chi connectivity index (χ2v) is 7.03. The first kappa shape index (κ1) is 24.8. The molecule has 0 bridgehead atoms. The zero-order chi connectivity index (χ0) is 18.6. The standard InChI is InChI=1S/C19H29N3O4.2ClH/c1-24-16-11-14-3-7-22(13-15(14)12-17(16)25-2)8-6-21-18(23)19(20)4-9-26-10-5-19;;/h11-12H,3-10,13,20H2,1-2H3,(H,21,23);2*1H. The number of hydrogen-bond acceptors (Lipinski definition) is 6. The van der Waals surface area contributed by atoms with Gasteiger partial charge in [-0.3, -0.25) is 9.69 Å². The number of nitrogens with two attached hydrogens (primary N) is 1. The number of carbonyl (C=O) groups excluding carboxylic acids is 1. The van der Waals surface area contributed by atoms with Gasteiger partial charge in [0.25, 0.3) is 0 Å². The summed E-state index contributed by atoms with van der Waals surface area (Å²) in [5.74, 6) is 1.47. The third kappa shape index (κ3) is 5.64. The van der Waals surface area contributed by atoms with Crippen LogP contribution in [0, 0.1) is 0 Å². The first-order valence-corrected chi connectivity index (χ1v) is 9.17. The average molecular weight is 436 g/mol. The van der Waals surface area contributed by atoms with Gasteiger partial charge in [-0.1, -0.05) is 0 Å². The molecule has 0 aromatic heterocycles. The van der Waals surface area contributed by atoms with Crippen LogP contribution in [0.2, 0.25) is 0 Å². The minimum atomic E-state index is -0.781. The van der Waals surface area contributed by atoms with Gasteiger partial charge in [0, 0.05) is 39.4 Å². The van der Waals surface area contributed by atoms with E-state index in [1.807, 2.05) is 0 Å². The van der Waals surface area contributed by atoms with E-state index in [2.05, 4.69) is 22.3 Å². The Morgan fingerprint density at radius 1 is 1.18 bits per heavy atom. The van der Waals surface area contributed by atoms with Crippen molar-refractivity contribution in [3.05, 3.63) is 23.3 Å². The van der Waals surface area contributed by atoms with Crippen molar-refractivity contribution < 1.29 is 19.0 Å². The van der Waals surface area contributed by atoms with Crippen LogP contribution in [0.4, 0.5) is 0 Å². The number of nitrogens with one attached hydrogen (secondary N) is 1. The molecule has 0 atom stereocenters. The molecule has 1 saturated heterocycles. The summed E-state index contributed by atoms with van der Waals surface area (Å²) in [7, 11) is 3.31. The van der Waals surface area contributed by atoms with Crippen LogP contribution in [0.1, 0.15) is 24.0 Å². The molecule has 2 aliphatic heterocycles. The van der Waals surface area contributed by atoms with Crippen LogP contribution in [0.25, 0.3) is 0 Å². The molecule has 3 N–H and O–H groups in total. The first-order chi connectivity index (χ1) is 12.6. The second-order valence-electron chi connectivity index (χ2n) is 7.03. The fraction of sp³-hybridized carbons (Fsp3) is 0.632. The van der Waals surface area contributed by atoms with Crippen molar-refractivity contribution in [2.75, 3.05) is 47.1 Å². The number of benzene rings is 1. The molecule has 0 radical (unpaired) electrons. The predicted molar refractivity (Wildman–Crippen MR) is 113 cm³/mol. The molecule has 0 unspecified atom stereocenters. The highest BCUT2D eigenvalue weighted by Crippen LogP contribution is 2.33. The van der Waals surface area contributed by atoms with Crippen molar-refractivity contribution >= 4 is 30.7 Å². The Morgan fingerprint density at radius 2 is 1.79 bits per heavy atom. The van der Waals surface area contributed by atoms with Crippen molar-refractivity contribution in [3.8, 4) is 11.5 Å². The lowest BCUT2D eigenvalue weighted by Crippen LogP contribution is -2.57. The Morgan fingerprint density at radius 3 is 2.39 bits per heavy atom. The monoisotopic (exact) mass is 435 g/mol. The highest BCUT2D eigenvalue weighted by molar-refractivity contribution is 5.86. The third-order valence-electron chi connectivity index (χ3n) is 5.35. The van der Waals surface area contributed by atoms with E-state index >= 15 is 0 Å². The normalized spacial score (nSPS) is 18.1. The van der Waals surface area contributed by atoms with E-state index in [-0.39, 0.29) is 30.7 Å². The number of nitrogens with zero attached hydrogens (tertiary/aromatic N) is 1. The summed E-state index contributed by atoms with van der Waals surface area (Å²) >= 11 is 0. The molecule has 0 aliphatic carbocycles. The number of hydrogen-bond donors (Lipinski definition) is 2. The molecule has 9 heteroatoms. The molecule has 3 rings (SSSR count). The number of methoxy groups -OCH3 is 2. The van der Waals surface area contributed by atoms with Crippen molar-refractivity contribution in [1.29, 1.82) is 0 Å². The summed E-state index contributed by atoms with van der Waals surface area (Å²) in [4.78, 5) is 14.7. The van der Waals surface area contributed by atoms with Crippen LogP contribution < -0.4 is 20.5 Å². The SMILES string of the molecule is COc1cc2c(cc1OC)CN(CCNC(=O)C1(N)CCOCC1)CC2.Cl.Cl. The quantitative estimate of drug-likeness (QED) is 0.704. The highest BCUT2D eigenvalue weighted by atomic mass is 35.5. The van der Waals surface area contributed by atoms with Crippen LogP contribution in [-0.4, -0.2) is 63.4 Å². The molecule has 7 nitrogen and oxygen atoms in total. The molecule has 1 aromatic rings. The van der Waals surface area contributed by atoms with Gasteiger partial charge in [-0.2, -0.15) is 0 Å². The molecular formula is C19H31Cl2N3O4. The molecule has 0 spiro atoms. The van der Waals surface area contributed by atoms with Crippen LogP contribution >= 0.6 is 24.8 Å². The lowest BCUT2D eigenvalue weighted by atomic mass is 9.90. The van der Waals surface area contributed by atoms with E-state index in [1.165, 1.54) is 11.1 Å². The van der Waals surface area contributed by atoms with Gasteiger partial charge in [-0.25, -0.2) is 0 Å². The molecule has 0 saturated carbocycles. The Hall–Kier alpha value is -1.25. The van der Waals surface area contributed by atoms with Crippen LogP contribution in [0.5, 0.6) is 11.5 Å². The molecular weight excluding hydrogens is 405 g/mol. The van der Waals surface area contributed by atoms with E-state index < -0.39 is 5.54 Å². The van der Waals surface area contributed by atoms with Crippen LogP contribution in [0.3, 0.4) is 0 Å². The zero-order valence-electron chi connectivity index (χ0n) is 16.5. The minimum absolute atomic E-state index is 0. The fourth-order valence-corrected chi connectivity index (χ4v) is 3.60. The molecule has 28 heavy (non-hydrogen) atoms. The van der Waals surface area contributed by atoms with E-state index in [4.69, 9.17) is 19.9 Å². The highest BCUT2D eigenvalue weighted by Gasteiger charge is 2.35. The zero-order valence-corrected chi connectivity index (χ0v) is 18.1. The van der Waals surface area contributed by atoms with Gasteiger partial charge < -0.3 is 25.3 Å². The molecule has 1 amide bonds. The number of fused-ring (bicyclic) bond motifs is 1. The van der Waals surface area contributed by atoms with E-state index in [0.717, 1.165) is 37.6 Å². The number of ether oxygens (including phenoxy) is 3. The Kier molecular flexibility index (Phi) is 9.80. The van der Waals surface area contributed by atoms with E-state index in [0.29, 0.717) is 32.6 Å². The van der Waals surface area contributed by atoms with E-state index in [1.54, 1.807) is 14.2 Å². The lowest BCUT2D eigenvalue weighted by Gasteiger charge is -2.33. The van der Waals surface area contributed by atoms with Gasteiger partial charge in [0.15, 0.2) is 11.5 Å². The summed E-state index contributed by atoms with van der Waals surface area (Å²) in [6.45, 7) is 4.30. The van der Waals surface area contributed by atoms with Crippen molar-refractivity contribution in [3.63, 3.8) is 0 Å².